The highest BCUT2D eigenvalue weighted by Crippen LogP contribution is 2.28. The highest BCUT2D eigenvalue weighted by molar-refractivity contribution is 5.91. The number of nitrogens with zero attached hydrogens (tertiary/aromatic N) is 1. The van der Waals surface area contributed by atoms with Crippen molar-refractivity contribution in [3.05, 3.63) is 38.4 Å². The minimum atomic E-state index is -1.14. The normalized spacial score (nSPS) is 10.1. The van der Waals surface area contributed by atoms with E-state index in [1.807, 2.05) is 0 Å². The molecule has 0 aliphatic rings. The average molecular weight is 209 g/mol. The Morgan fingerprint density at radius 2 is 1.87 bits per heavy atom. The SMILES string of the molecule is Cc1cc(C(=O)O)c(C)c([N+](=O)[O-])c1C. The second-order valence-corrected chi connectivity index (χ2v) is 3.40. The first-order chi connectivity index (χ1) is 6.86. The molecule has 1 aromatic rings. The van der Waals surface area contributed by atoms with E-state index in [1.165, 1.54) is 13.0 Å². The fraction of sp³-hybridized carbons (Fsp3) is 0.300. The summed E-state index contributed by atoms with van der Waals surface area (Å²) in [6, 6.07) is 1.46. The second kappa shape index (κ2) is 3.68. The van der Waals surface area contributed by atoms with E-state index < -0.39 is 10.9 Å². The van der Waals surface area contributed by atoms with E-state index in [4.69, 9.17) is 5.11 Å². The monoisotopic (exact) mass is 209 g/mol. The van der Waals surface area contributed by atoms with Crippen LogP contribution >= 0.6 is 0 Å². The van der Waals surface area contributed by atoms with Crippen LogP contribution in [0.5, 0.6) is 0 Å². The van der Waals surface area contributed by atoms with Gasteiger partial charge in [-0.05, 0) is 32.4 Å². The van der Waals surface area contributed by atoms with Crippen LogP contribution < -0.4 is 0 Å². The third kappa shape index (κ3) is 1.81. The standard InChI is InChI=1S/C10H11NO4/c1-5-4-8(10(12)13)7(3)9(6(5)2)11(14)15/h4H,1-3H3,(H,12,13). The zero-order valence-corrected chi connectivity index (χ0v) is 8.70. The number of hydrogen-bond donors (Lipinski definition) is 1. The molecule has 5 heteroatoms. The Kier molecular flexibility index (Phi) is 2.74. The highest BCUT2D eigenvalue weighted by atomic mass is 16.6. The van der Waals surface area contributed by atoms with Crippen LogP contribution in [0.3, 0.4) is 0 Å². The lowest BCUT2D eigenvalue weighted by atomic mass is 9.98. The summed E-state index contributed by atoms with van der Waals surface area (Å²) in [7, 11) is 0. The van der Waals surface area contributed by atoms with Crippen molar-refractivity contribution >= 4 is 11.7 Å². The molecule has 0 bridgehead atoms. The van der Waals surface area contributed by atoms with Gasteiger partial charge >= 0.3 is 5.97 Å². The molecule has 0 aromatic heterocycles. The first-order valence-electron chi connectivity index (χ1n) is 4.34. The van der Waals surface area contributed by atoms with Crippen LogP contribution in [0.1, 0.15) is 27.0 Å². The molecular formula is C10H11NO4. The molecule has 5 nitrogen and oxygen atoms in total. The van der Waals surface area contributed by atoms with Crippen LogP contribution in [-0.2, 0) is 0 Å². The maximum Gasteiger partial charge on any atom is 0.336 e. The van der Waals surface area contributed by atoms with Gasteiger partial charge in [-0.15, -0.1) is 0 Å². The van der Waals surface area contributed by atoms with Crippen LogP contribution in [0.4, 0.5) is 5.69 Å². The lowest BCUT2D eigenvalue weighted by molar-refractivity contribution is -0.386. The molecule has 80 valence electrons. The number of aromatic carboxylic acids is 1. The molecule has 0 heterocycles. The van der Waals surface area contributed by atoms with Gasteiger partial charge in [0.25, 0.3) is 5.69 Å². The van der Waals surface area contributed by atoms with Gasteiger partial charge in [-0.3, -0.25) is 10.1 Å². The Balaban J connectivity index is 3.63. The Hall–Kier alpha value is -1.91. The summed E-state index contributed by atoms with van der Waals surface area (Å²) in [5.74, 6) is -1.14. The van der Waals surface area contributed by atoms with Crippen LogP contribution in [0.2, 0.25) is 0 Å². The van der Waals surface area contributed by atoms with Crippen molar-refractivity contribution in [2.45, 2.75) is 20.8 Å². The number of nitro groups is 1. The smallest absolute Gasteiger partial charge is 0.336 e. The van der Waals surface area contributed by atoms with Gasteiger partial charge < -0.3 is 5.11 Å². The van der Waals surface area contributed by atoms with E-state index in [0.717, 1.165) is 0 Å². The molecule has 0 radical (unpaired) electrons. The number of carbonyl (C=O) groups is 1. The van der Waals surface area contributed by atoms with Crippen molar-refractivity contribution in [3.8, 4) is 0 Å². The van der Waals surface area contributed by atoms with E-state index >= 15 is 0 Å². The van der Waals surface area contributed by atoms with E-state index in [-0.39, 0.29) is 16.8 Å². The van der Waals surface area contributed by atoms with Gasteiger partial charge in [-0.25, -0.2) is 4.79 Å². The zero-order valence-electron chi connectivity index (χ0n) is 8.70. The molecule has 0 aliphatic carbocycles. The third-order valence-electron chi connectivity index (χ3n) is 2.48. The van der Waals surface area contributed by atoms with Gasteiger partial charge in [0, 0.05) is 11.1 Å². The van der Waals surface area contributed by atoms with E-state index in [0.29, 0.717) is 11.1 Å². The van der Waals surface area contributed by atoms with Crippen LogP contribution in [-0.4, -0.2) is 16.0 Å². The lowest BCUT2D eigenvalue weighted by Crippen LogP contribution is -2.06. The van der Waals surface area contributed by atoms with Crippen molar-refractivity contribution in [1.29, 1.82) is 0 Å². The minimum Gasteiger partial charge on any atom is -0.478 e. The molecule has 1 rings (SSSR count). The fourth-order valence-electron chi connectivity index (χ4n) is 1.52. The van der Waals surface area contributed by atoms with Crippen LogP contribution in [0.25, 0.3) is 0 Å². The molecule has 0 aliphatic heterocycles. The van der Waals surface area contributed by atoms with Crippen molar-refractivity contribution in [2.24, 2.45) is 0 Å². The molecule has 0 saturated carbocycles. The number of carboxylic acid groups (broad SMARTS) is 1. The summed E-state index contributed by atoms with van der Waals surface area (Å²) in [5, 5.41) is 19.6. The maximum absolute atomic E-state index is 10.8. The Bertz CT molecular complexity index is 451. The van der Waals surface area contributed by atoms with Gasteiger partial charge in [0.1, 0.15) is 0 Å². The summed E-state index contributed by atoms with van der Waals surface area (Å²) in [6.07, 6.45) is 0. The first-order valence-corrected chi connectivity index (χ1v) is 4.34. The summed E-state index contributed by atoms with van der Waals surface area (Å²) >= 11 is 0. The van der Waals surface area contributed by atoms with Gasteiger partial charge in [0.15, 0.2) is 0 Å². The first kappa shape index (κ1) is 11.2. The topological polar surface area (TPSA) is 80.4 Å². The van der Waals surface area contributed by atoms with Crippen LogP contribution in [0, 0.1) is 30.9 Å². The number of rotatable bonds is 2. The summed E-state index contributed by atoms with van der Waals surface area (Å²) < 4.78 is 0. The van der Waals surface area contributed by atoms with Crippen molar-refractivity contribution in [2.75, 3.05) is 0 Å². The Labute approximate surface area is 86.5 Å². The number of nitro benzene ring substituents is 1. The van der Waals surface area contributed by atoms with Crippen molar-refractivity contribution in [3.63, 3.8) is 0 Å². The summed E-state index contributed by atoms with van der Waals surface area (Å²) in [4.78, 5) is 21.1. The molecule has 1 N–H and O–H groups in total. The lowest BCUT2D eigenvalue weighted by Gasteiger charge is -2.07. The molecular weight excluding hydrogens is 198 g/mol. The predicted molar refractivity (Wildman–Crippen MR) is 54.3 cm³/mol. The number of benzene rings is 1. The molecule has 0 unspecified atom stereocenters. The fourth-order valence-corrected chi connectivity index (χ4v) is 1.52. The number of hydrogen-bond acceptors (Lipinski definition) is 3. The van der Waals surface area contributed by atoms with E-state index in [9.17, 15) is 14.9 Å². The molecule has 0 atom stereocenters. The second-order valence-electron chi connectivity index (χ2n) is 3.40. The van der Waals surface area contributed by atoms with Crippen LogP contribution in [0.15, 0.2) is 6.07 Å². The molecule has 0 spiro atoms. The quantitative estimate of drug-likeness (QED) is 0.598. The highest BCUT2D eigenvalue weighted by Gasteiger charge is 2.22. The largest absolute Gasteiger partial charge is 0.478 e. The van der Waals surface area contributed by atoms with Crippen molar-refractivity contribution in [1.82, 2.24) is 0 Å². The van der Waals surface area contributed by atoms with Gasteiger partial charge in [-0.2, -0.15) is 0 Å². The van der Waals surface area contributed by atoms with Gasteiger partial charge in [0.2, 0.25) is 0 Å². The molecule has 0 amide bonds. The zero-order chi connectivity index (χ0) is 11.7. The predicted octanol–water partition coefficient (Wildman–Crippen LogP) is 2.22. The van der Waals surface area contributed by atoms with Crippen molar-refractivity contribution < 1.29 is 14.8 Å². The number of carboxylic acids is 1. The summed E-state index contributed by atoms with van der Waals surface area (Å²) in [5.41, 5.74) is 1.22. The minimum absolute atomic E-state index is 0.00944. The maximum atomic E-state index is 10.8. The van der Waals surface area contributed by atoms with Gasteiger partial charge in [0.05, 0.1) is 10.5 Å². The molecule has 0 fully saturated rings. The van der Waals surface area contributed by atoms with E-state index in [1.54, 1.807) is 13.8 Å². The third-order valence-corrected chi connectivity index (χ3v) is 2.48. The molecule has 1 aromatic carbocycles. The number of aryl methyl sites for hydroxylation is 1. The molecule has 0 saturated heterocycles. The summed E-state index contributed by atoms with van der Waals surface area (Å²) in [6.45, 7) is 4.73. The molecule has 15 heavy (non-hydrogen) atoms. The van der Waals surface area contributed by atoms with Gasteiger partial charge in [-0.1, -0.05) is 0 Å². The van der Waals surface area contributed by atoms with E-state index in [2.05, 4.69) is 0 Å². The Morgan fingerprint density at radius 3 is 2.27 bits per heavy atom. The Morgan fingerprint density at radius 1 is 1.33 bits per heavy atom. The average Bonchev–Trinajstić information content (AvgIpc) is 2.10.